The predicted octanol–water partition coefficient (Wildman–Crippen LogP) is 5.33. The van der Waals surface area contributed by atoms with Crippen molar-refractivity contribution in [2.24, 2.45) is 5.92 Å². The Morgan fingerprint density at radius 3 is 2.49 bits per heavy atom. The van der Waals surface area contributed by atoms with Crippen LogP contribution in [0.3, 0.4) is 0 Å². The van der Waals surface area contributed by atoms with Crippen molar-refractivity contribution < 1.29 is 18.8 Å². The lowest BCUT2D eigenvalue weighted by Crippen LogP contribution is -2.52. The molecule has 1 aliphatic heterocycles. The van der Waals surface area contributed by atoms with Crippen LogP contribution in [0.25, 0.3) is 22.6 Å². The van der Waals surface area contributed by atoms with Crippen LogP contribution >= 0.6 is 0 Å². The fraction of sp³-hybridized carbons (Fsp3) is 0.429. The van der Waals surface area contributed by atoms with Gasteiger partial charge in [-0.1, -0.05) is 38.3 Å². The van der Waals surface area contributed by atoms with Gasteiger partial charge in [-0.15, -0.1) is 0 Å². The van der Waals surface area contributed by atoms with Gasteiger partial charge in [-0.25, -0.2) is 9.88 Å². The lowest BCUT2D eigenvalue weighted by atomic mass is 9.87. The second-order valence-corrected chi connectivity index (χ2v) is 9.66. The number of hydrogen-bond donors (Lipinski definition) is 0. The van der Waals surface area contributed by atoms with Crippen molar-refractivity contribution in [1.82, 2.24) is 9.88 Å². The SMILES string of the molecule is CCC(C)N(C(=O)C1CCCCC1)C1CC(=O)N(c2ccc(-c3nc4ccccc4o3)cc2)C1=O. The molecule has 3 amide bonds. The van der Waals surface area contributed by atoms with E-state index >= 15 is 0 Å². The summed E-state index contributed by atoms with van der Waals surface area (Å²) >= 11 is 0. The van der Waals surface area contributed by atoms with Crippen molar-refractivity contribution in [2.75, 3.05) is 4.90 Å². The van der Waals surface area contributed by atoms with Crippen molar-refractivity contribution in [2.45, 2.75) is 70.9 Å². The average Bonchev–Trinajstić information content (AvgIpc) is 3.45. The van der Waals surface area contributed by atoms with Gasteiger partial charge in [-0.05, 0) is 62.6 Å². The number of para-hydroxylation sites is 2. The van der Waals surface area contributed by atoms with Gasteiger partial charge in [0.15, 0.2) is 5.58 Å². The van der Waals surface area contributed by atoms with E-state index in [0.717, 1.165) is 49.6 Å². The minimum atomic E-state index is -0.747. The molecule has 7 heteroatoms. The minimum Gasteiger partial charge on any atom is -0.436 e. The second kappa shape index (κ2) is 9.64. The van der Waals surface area contributed by atoms with E-state index < -0.39 is 6.04 Å². The zero-order valence-corrected chi connectivity index (χ0v) is 20.3. The standard InChI is InChI=1S/C28H31N3O4/c1-3-18(2)30(27(33)20-9-5-4-6-10-20)23-17-25(32)31(28(23)34)21-15-13-19(14-16-21)26-29-22-11-7-8-12-24(22)35-26/h7-8,11-16,18,20,23H,3-6,9-10,17H2,1-2H3. The fourth-order valence-corrected chi connectivity index (χ4v) is 5.29. The number of oxazole rings is 1. The highest BCUT2D eigenvalue weighted by atomic mass is 16.3. The summed E-state index contributed by atoms with van der Waals surface area (Å²) in [6.45, 7) is 3.98. The molecule has 2 atom stereocenters. The second-order valence-electron chi connectivity index (χ2n) is 9.66. The van der Waals surface area contributed by atoms with Crippen LogP contribution in [0.5, 0.6) is 0 Å². The summed E-state index contributed by atoms with van der Waals surface area (Å²) in [4.78, 5) is 47.5. The number of anilines is 1. The van der Waals surface area contributed by atoms with Gasteiger partial charge in [0.05, 0.1) is 12.1 Å². The Balaban J connectivity index is 1.38. The highest BCUT2D eigenvalue weighted by Gasteiger charge is 2.46. The molecular formula is C28H31N3O4. The molecule has 3 aromatic rings. The van der Waals surface area contributed by atoms with E-state index in [2.05, 4.69) is 4.98 Å². The van der Waals surface area contributed by atoms with Gasteiger partial charge >= 0.3 is 0 Å². The quantitative estimate of drug-likeness (QED) is 0.452. The molecule has 0 bridgehead atoms. The summed E-state index contributed by atoms with van der Waals surface area (Å²) in [6, 6.07) is 13.8. The van der Waals surface area contributed by atoms with Gasteiger partial charge in [-0.2, -0.15) is 0 Å². The summed E-state index contributed by atoms with van der Waals surface area (Å²) in [5.74, 6) is -0.146. The van der Waals surface area contributed by atoms with E-state index in [1.807, 2.05) is 38.1 Å². The Morgan fingerprint density at radius 1 is 1.09 bits per heavy atom. The number of fused-ring (bicyclic) bond motifs is 1. The van der Waals surface area contributed by atoms with E-state index in [1.54, 1.807) is 29.2 Å². The Labute approximate surface area is 205 Å². The van der Waals surface area contributed by atoms with Gasteiger partial charge < -0.3 is 9.32 Å². The number of nitrogens with zero attached hydrogens (tertiary/aromatic N) is 3. The van der Waals surface area contributed by atoms with E-state index in [-0.39, 0.29) is 36.1 Å². The maximum Gasteiger partial charge on any atom is 0.257 e. The third kappa shape index (κ3) is 4.35. The molecule has 0 N–H and O–H groups in total. The average molecular weight is 474 g/mol. The Kier molecular flexibility index (Phi) is 6.41. The lowest BCUT2D eigenvalue weighted by Gasteiger charge is -2.36. The minimum absolute atomic E-state index is 0.0223. The van der Waals surface area contributed by atoms with E-state index in [9.17, 15) is 14.4 Å². The Bertz CT molecular complexity index is 1210. The zero-order valence-electron chi connectivity index (χ0n) is 20.3. The number of rotatable bonds is 6. The predicted molar refractivity (Wildman–Crippen MR) is 134 cm³/mol. The van der Waals surface area contributed by atoms with Crippen LogP contribution in [-0.2, 0) is 14.4 Å². The van der Waals surface area contributed by atoms with Crippen LogP contribution in [0.4, 0.5) is 5.69 Å². The van der Waals surface area contributed by atoms with Gasteiger partial charge in [0, 0.05) is 17.5 Å². The van der Waals surface area contributed by atoms with E-state index in [4.69, 9.17) is 4.42 Å². The van der Waals surface area contributed by atoms with Gasteiger partial charge in [0.1, 0.15) is 11.6 Å². The van der Waals surface area contributed by atoms with Gasteiger partial charge in [0.2, 0.25) is 17.7 Å². The summed E-state index contributed by atoms with van der Waals surface area (Å²) in [5.41, 5.74) is 2.73. The molecule has 1 aliphatic carbocycles. The number of imide groups is 1. The first-order valence-electron chi connectivity index (χ1n) is 12.6. The lowest BCUT2D eigenvalue weighted by molar-refractivity contribution is -0.145. The van der Waals surface area contributed by atoms with Crippen LogP contribution < -0.4 is 4.90 Å². The fourth-order valence-electron chi connectivity index (χ4n) is 5.29. The highest BCUT2D eigenvalue weighted by Crippen LogP contribution is 2.33. The summed E-state index contributed by atoms with van der Waals surface area (Å²) in [5, 5.41) is 0. The molecule has 1 aromatic heterocycles. The zero-order chi connectivity index (χ0) is 24.5. The normalized spacial score (nSPS) is 19.9. The number of amides is 3. The molecule has 1 saturated heterocycles. The highest BCUT2D eigenvalue weighted by molar-refractivity contribution is 6.23. The Morgan fingerprint density at radius 2 is 1.80 bits per heavy atom. The molecule has 0 spiro atoms. The summed E-state index contributed by atoms with van der Waals surface area (Å²) < 4.78 is 5.83. The molecule has 35 heavy (non-hydrogen) atoms. The first-order chi connectivity index (χ1) is 17.0. The molecule has 5 rings (SSSR count). The largest absolute Gasteiger partial charge is 0.436 e. The first kappa shape index (κ1) is 23.3. The van der Waals surface area contributed by atoms with Crippen LogP contribution in [0.15, 0.2) is 52.9 Å². The monoisotopic (exact) mass is 473 g/mol. The van der Waals surface area contributed by atoms with Crippen molar-refractivity contribution >= 4 is 34.5 Å². The van der Waals surface area contributed by atoms with E-state index in [1.165, 1.54) is 4.90 Å². The molecule has 2 aromatic carbocycles. The molecule has 0 radical (unpaired) electrons. The van der Waals surface area contributed by atoms with Gasteiger partial charge in [0.25, 0.3) is 5.91 Å². The van der Waals surface area contributed by atoms with Crippen molar-refractivity contribution in [1.29, 1.82) is 0 Å². The summed E-state index contributed by atoms with van der Waals surface area (Å²) in [7, 11) is 0. The maximum atomic E-state index is 13.5. The number of hydrogen-bond acceptors (Lipinski definition) is 5. The molecular weight excluding hydrogens is 442 g/mol. The molecule has 2 heterocycles. The van der Waals surface area contributed by atoms with Crippen molar-refractivity contribution in [3.05, 3.63) is 48.5 Å². The third-order valence-electron chi connectivity index (χ3n) is 7.40. The van der Waals surface area contributed by atoms with Crippen LogP contribution in [0.1, 0.15) is 58.8 Å². The van der Waals surface area contributed by atoms with Crippen LogP contribution in [0, 0.1) is 5.92 Å². The number of benzene rings is 2. The molecule has 182 valence electrons. The van der Waals surface area contributed by atoms with Crippen molar-refractivity contribution in [3.8, 4) is 11.5 Å². The smallest absolute Gasteiger partial charge is 0.257 e. The van der Waals surface area contributed by atoms with Crippen LogP contribution in [0.2, 0.25) is 0 Å². The van der Waals surface area contributed by atoms with Gasteiger partial charge in [-0.3, -0.25) is 14.4 Å². The molecule has 2 aliphatic rings. The molecule has 2 fully saturated rings. The molecule has 1 saturated carbocycles. The van der Waals surface area contributed by atoms with Crippen molar-refractivity contribution in [3.63, 3.8) is 0 Å². The first-order valence-corrected chi connectivity index (χ1v) is 12.6. The van der Waals surface area contributed by atoms with E-state index in [0.29, 0.717) is 17.2 Å². The topological polar surface area (TPSA) is 83.7 Å². The maximum absolute atomic E-state index is 13.5. The number of carbonyl (C=O) groups is 3. The summed E-state index contributed by atoms with van der Waals surface area (Å²) in [6.07, 6.45) is 5.72. The third-order valence-corrected chi connectivity index (χ3v) is 7.40. The Hall–Kier alpha value is -3.48. The molecule has 2 unspecified atom stereocenters. The number of carbonyl (C=O) groups excluding carboxylic acids is 3. The van der Waals surface area contributed by atoms with Crippen LogP contribution in [-0.4, -0.2) is 39.7 Å². The molecule has 7 nitrogen and oxygen atoms in total. The number of aromatic nitrogens is 1.